The molecular weight excluding hydrogens is 334 g/mol. The summed E-state index contributed by atoms with van der Waals surface area (Å²) < 4.78 is 5.91. The van der Waals surface area contributed by atoms with Gasteiger partial charge in [0.1, 0.15) is 0 Å². The first kappa shape index (κ1) is 20.6. The molecule has 0 amide bonds. The first-order valence-corrected chi connectivity index (χ1v) is 10.4. The minimum atomic E-state index is -0.549. The number of carbonyl (C=O) groups is 1. The Morgan fingerprint density at radius 3 is 2.80 bits per heavy atom. The van der Waals surface area contributed by atoms with E-state index in [0.29, 0.717) is 12.5 Å². The number of nitrogens with two attached hydrogens (primary N) is 1. The highest BCUT2D eigenvalue weighted by Gasteiger charge is 2.18. The minimum Gasteiger partial charge on any atom is -0.394 e. The Morgan fingerprint density at radius 1 is 1.32 bits per heavy atom. The maximum atomic E-state index is 12.3. The molecule has 4 nitrogen and oxygen atoms in total. The summed E-state index contributed by atoms with van der Waals surface area (Å²) in [6.45, 7) is 2.61. The fourth-order valence-electron chi connectivity index (χ4n) is 3.14. The SMILES string of the molecule is CC(N)(CO)CCc1ccc(C(=O)CCCCOC2CCCCC2)s1. The molecule has 5 heteroatoms. The van der Waals surface area contributed by atoms with E-state index in [1.54, 1.807) is 11.3 Å². The van der Waals surface area contributed by atoms with Crippen molar-refractivity contribution in [2.45, 2.75) is 82.8 Å². The highest BCUT2D eigenvalue weighted by atomic mass is 32.1. The first-order valence-electron chi connectivity index (χ1n) is 9.63. The van der Waals surface area contributed by atoms with E-state index in [9.17, 15) is 9.90 Å². The van der Waals surface area contributed by atoms with Crippen LogP contribution >= 0.6 is 11.3 Å². The number of hydrogen-bond acceptors (Lipinski definition) is 5. The van der Waals surface area contributed by atoms with Gasteiger partial charge in [0.15, 0.2) is 5.78 Å². The number of aryl methyl sites for hydroxylation is 1. The molecule has 1 aromatic rings. The van der Waals surface area contributed by atoms with E-state index in [4.69, 9.17) is 10.5 Å². The average Bonchev–Trinajstić information content (AvgIpc) is 3.10. The highest BCUT2D eigenvalue weighted by Crippen LogP contribution is 2.23. The molecule has 0 bridgehead atoms. The van der Waals surface area contributed by atoms with Gasteiger partial charge in [0.2, 0.25) is 0 Å². The third kappa shape index (κ3) is 7.57. The van der Waals surface area contributed by atoms with Crippen LogP contribution in [0.3, 0.4) is 0 Å². The lowest BCUT2D eigenvalue weighted by molar-refractivity contribution is 0.0264. The molecule has 1 atom stereocenters. The molecule has 0 saturated heterocycles. The normalized spacial score (nSPS) is 18.2. The Kier molecular flexibility index (Phi) is 8.56. The number of Topliss-reactive ketones (excluding diaryl/α,β-unsaturated/α-hetero) is 1. The summed E-state index contributed by atoms with van der Waals surface area (Å²) in [5, 5.41) is 9.20. The van der Waals surface area contributed by atoms with Gasteiger partial charge in [0.05, 0.1) is 17.6 Å². The number of ether oxygens (including phenoxy) is 1. The maximum absolute atomic E-state index is 12.3. The second-order valence-electron chi connectivity index (χ2n) is 7.59. The number of aliphatic hydroxyl groups excluding tert-OH is 1. The number of rotatable bonds is 11. The van der Waals surface area contributed by atoms with E-state index in [2.05, 4.69) is 0 Å². The van der Waals surface area contributed by atoms with Crippen molar-refractivity contribution in [3.63, 3.8) is 0 Å². The fraction of sp³-hybridized carbons (Fsp3) is 0.750. The van der Waals surface area contributed by atoms with Gasteiger partial charge in [-0.2, -0.15) is 0 Å². The molecule has 1 saturated carbocycles. The number of thiophene rings is 1. The molecule has 142 valence electrons. The molecule has 1 unspecified atom stereocenters. The zero-order chi connectivity index (χ0) is 18.1. The second-order valence-corrected chi connectivity index (χ2v) is 8.76. The topological polar surface area (TPSA) is 72.5 Å². The molecule has 0 aromatic carbocycles. The lowest BCUT2D eigenvalue weighted by Crippen LogP contribution is -2.40. The highest BCUT2D eigenvalue weighted by molar-refractivity contribution is 7.14. The van der Waals surface area contributed by atoms with E-state index in [-0.39, 0.29) is 12.4 Å². The third-order valence-electron chi connectivity index (χ3n) is 4.94. The van der Waals surface area contributed by atoms with Crippen LogP contribution in [0.15, 0.2) is 12.1 Å². The number of ketones is 1. The summed E-state index contributed by atoms with van der Waals surface area (Å²) in [6.07, 6.45) is 10.8. The van der Waals surface area contributed by atoms with Crippen LogP contribution in [0.2, 0.25) is 0 Å². The summed E-state index contributed by atoms with van der Waals surface area (Å²) in [6, 6.07) is 3.94. The van der Waals surface area contributed by atoms with Crippen LogP contribution in [0, 0.1) is 0 Å². The lowest BCUT2D eigenvalue weighted by atomic mass is 9.98. The largest absolute Gasteiger partial charge is 0.394 e. The summed E-state index contributed by atoms with van der Waals surface area (Å²) in [5.41, 5.74) is 5.41. The quantitative estimate of drug-likeness (QED) is 0.456. The van der Waals surface area contributed by atoms with Crippen LogP contribution in [0.25, 0.3) is 0 Å². The van der Waals surface area contributed by atoms with Gasteiger partial charge >= 0.3 is 0 Å². The van der Waals surface area contributed by atoms with Gasteiger partial charge in [0.25, 0.3) is 0 Å². The zero-order valence-electron chi connectivity index (χ0n) is 15.5. The molecule has 0 aliphatic heterocycles. The molecule has 2 rings (SSSR count). The second kappa shape index (κ2) is 10.4. The average molecular weight is 368 g/mol. The third-order valence-corrected chi connectivity index (χ3v) is 6.13. The van der Waals surface area contributed by atoms with Crippen LogP contribution in [-0.4, -0.2) is 35.7 Å². The van der Waals surface area contributed by atoms with E-state index < -0.39 is 5.54 Å². The predicted molar refractivity (Wildman–Crippen MR) is 103 cm³/mol. The van der Waals surface area contributed by atoms with Crippen LogP contribution in [0.4, 0.5) is 0 Å². The Labute approximate surface area is 155 Å². The van der Waals surface area contributed by atoms with Crippen molar-refractivity contribution in [3.05, 3.63) is 21.9 Å². The van der Waals surface area contributed by atoms with Gasteiger partial charge in [-0.3, -0.25) is 4.79 Å². The summed E-state index contributed by atoms with van der Waals surface area (Å²) in [4.78, 5) is 14.3. The van der Waals surface area contributed by atoms with Crippen LogP contribution in [-0.2, 0) is 11.2 Å². The van der Waals surface area contributed by atoms with Crippen molar-refractivity contribution in [1.82, 2.24) is 0 Å². The van der Waals surface area contributed by atoms with Crippen molar-refractivity contribution in [2.24, 2.45) is 5.73 Å². The molecule has 1 aromatic heterocycles. The number of hydrogen-bond donors (Lipinski definition) is 2. The van der Waals surface area contributed by atoms with E-state index in [0.717, 1.165) is 42.0 Å². The van der Waals surface area contributed by atoms with Crippen molar-refractivity contribution < 1.29 is 14.6 Å². The van der Waals surface area contributed by atoms with Crippen molar-refractivity contribution in [1.29, 1.82) is 0 Å². The van der Waals surface area contributed by atoms with E-state index in [1.165, 1.54) is 32.1 Å². The van der Waals surface area contributed by atoms with Crippen molar-refractivity contribution >= 4 is 17.1 Å². The zero-order valence-corrected chi connectivity index (χ0v) is 16.3. The van der Waals surface area contributed by atoms with Crippen molar-refractivity contribution in [3.8, 4) is 0 Å². The molecule has 0 spiro atoms. The standard InChI is InChI=1S/C20H33NO3S/c1-20(21,15-22)13-12-17-10-11-19(25-17)18(23)9-5-6-14-24-16-7-3-2-4-8-16/h10-11,16,22H,2-9,12-15,21H2,1H3. The number of carbonyl (C=O) groups excluding carboxylic acids is 1. The van der Waals surface area contributed by atoms with Gasteiger partial charge in [-0.15, -0.1) is 11.3 Å². The smallest absolute Gasteiger partial charge is 0.172 e. The fourth-order valence-corrected chi connectivity index (χ4v) is 4.12. The summed E-state index contributed by atoms with van der Waals surface area (Å²) in [7, 11) is 0. The first-order chi connectivity index (χ1) is 12.0. The Morgan fingerprint density at radius 2 is 2.08 bits per heavy atom. The van der Waals surface area contributed by atoms with E-state index in [1.807, 2.05) is 19.1 Å². The number of aliphatic hydroxyl groups is 1. The Balaban J connectivity index is 1.62. The predicted octanol–water partition coefficient (Wildman–Crippen LogP) is 4.09. The van der Waals surface area contributed by atoms with Crippen LogP contribution in [0.5, 0.6) is 0 Å². The molecular formula is C20H33NO3S. The van der Waals surface area contributed by atoms with Gasteiger partial charge in [-0.25, -0.2) is 0 Å². The molecule has 3 N–H and O–H groups in total. The van der Waals surface area contributed by atoms with Gasteiger partial charge in [-0.1, -0.05) is 19.3 Å². The van der Waals surface area contributed by atoms with Crippen LogP contribution in [0.1, 0.15) is 79.3 Å². The molecule has 0 radical (unpaired) electrons. The number of unbranched alkanes of at least 4 members (excludes halogenated alkanes) is 1. The van der Waals surface area contributed by atoms with Gasteiger partial charge < -0.3 is 15.6 Å². The lowest BCUT2D eigenvalue weighted by Gasteiger charge is -2.21. The monoisotopic (exact) mass is 367 g/mol. The Hall–Kier alpha value is -0.750. The van der Waals surface area contributed by atoms with Gasteiger partial charge in [-0.05, 0) is 57.6 Å². The minimum absolute atomic E-state index is 0.0207. The molecule has 1 aliphatic rings. The van der Waals surface area contributed by atoms with E-state index >= 15 is 0 Å². The molecule has 1 fully saturated rings. The molecule has 1 heterocycles. The molecule has 25 heavy (non-hydrogen) atoms. The summed E-state index contributed by atoms with van der Waals surface area (Å²) >= 11 is 1.56. The van der Waals surface area contributed by atoms with Gasteiger partial charge in [0, 0.05) is 23.4 Å². The summed E-state index contributed by atoms with van der Waals surface area (Å²) in [5.74, 6) is 0.228. The van der Waals surface area contributed by atoms with Crippen molar-refractivity contribution in [2.75, 3.05) is 13.2 Å². The van der Waals surface area contributed by atoms with Crippen LogP contribution < -0.4 is 5.73 Å². The maximum Gasteiger partial charge on any atom is 0.172 e. The molecule has 1 aliphatic carbocycles. The Bertz CT molecular complexity index is 521.